The number of carbonyl (C=O) groups excluding carboxylic acids is 2. The molecule has 0 amide bonds. The van der Waals surface area contributed by atoms with Crippen LogP contribution in [0.1, 0.15) is 31.8 Å². The maximum atomic E-state index is 12.8. The molecule has 0 spiro atoms. The molecule has 0 bridgehead atoms. The standard InChI is InChI=1S/C17H18N2O2Si/c1-22(2,3)12-8-7-10-14(15(12)19)17(21)9-5-4-6-11(18)13(9)16(10)20/h4-8H,18-19H2,1-3H3. The molecule has 1 aliphatic carbocycles. The van der Waals surface area contributed by atoms with E-state index in [4.69, 9.17) is 11.5 Å². The zero-order valence-electron chi connectivity index (χ0n) is 12.9. The summed E-state index contributed by atoms with van der Waals surface area (Å²) in [6, 6.07) is 8.55. The number of benzene rings is 2. The summed E-state index contributed by atoms with van der Waals surface area (Å²) in [5.41, 5.74) is 14.3. The van der Waals surface area contributed by atoms with Gasteiger partial charge < -0.3 is 11.5 Å². The van der Waals surface area contributed by atoms with E-state index in [1.807, 2.05) is 6.07 Å². The molecule has 5 heteroatoms. The first kappa shape index (κ1) is 14.5. The molecule has 0 aromatic heterocycles. The molecular formula is C17H18N2O2Si. The van der Waals surface area contributed by atoms with Gasteiger partial charge in [-0.15, -0.1) is 0 Å². The van der Waals surface area contributed by atoms with Crippen molar-refractivity contribution < 1.29 is 9.59 Å². The maximum Gasteiger partial charge on any atom is 0.196 e. The van der Waals surface area contributed by atoms with E-state index in [9.17, 15) is 9.59 Å². The number of fused-ring (bicyclic) bond motifs is 2. The van der Waals surface area contributed by atoms with E-state index in [1.165, 1.54) is 0 Å². The molecule has 4 nitrogen and oxygen atoms in total. The Balaban J connectivity index is 2.34. The zero-order valence-corrected chi connectivity index (χ0v) is 13.9. The Morgan fingerprint density at radius 3 is 2.05 bits per heavy atom. The average molecular weight is 310 g/mol. The second kappa shape index (κ2) is 4.54. The van der Waals surface area contributed by atoms with Gasteiger partial charge in [-0.25, -0.2) is 0 Å². The van der Waals surface area contributed by atoms with Crippen LogP contribution in [0.3, 0.4) is 0 Å². The number of anilines is 2. The van der Waals surface area contributed by atoms with Crippen molar-refractivity contribution in [2.24, 2.45) is 0 Å². The molecule has 0 saturated heterocycles. The summed E-state index contributed by atoms with van der Waals surface area (Å²) in [6.45, 7) is 6.48. The smallest absolute Gasteiger partial charge is 0.196 e. The van der Waals surface area contributed by atoms with E-state index in [0.29, 0.717) is 33.6 Å². The third-order valence-corrected chi connectivity index (χ3v) is 6.15. The lowest BCUT2D eigenvalue weighted by Crippen LogP contribution is -2.41. The third kappa shape index (κ3) is 1.89. The van der Waals surface area contributed by atoms with Crippen molar-refractivity contribution in [2.45, 2.75) is 19.6 Å². The van der Waals surface area contributed by atoms with Gasteiger partial charge in [-0.1, -0.05) is 43.9 Å². The van der Waals surface area contributed by atoms with Gasteiger partial charge in [0.15, 0.2) is 11.6 Å². The first-order valence-corrected chi connectivity index (χ1v) is 10.6. The first-order chi connectivity index (χ1) is 10.2. The molecule has 0 heterocycles. The van der Waals surface area contributed by atoms with Crippen LogP contribution in [0.25, 0.3) is 0 Å². The van der Waals surface area contributed by atoms with Crippen LogP contribution in [-0.2, 0) is 0 Å². The highest BCUT2D eigenvalue weighted by Crippen LogP contribution is 2.33. The quantitative estimate of drug-likeness (QED) is 0.533. The van der Waals surface area contributed by atoms with Crippen LogP contribution < -0.4 is 16.7 Å². The van der Waals surface area contributed by atoms with Crippen LogP contribution in [-0.4, -0.2) is 19.6 Å². The van der Waals surface area contributed by atoms with E-state index in [-0.39, 0.29) is 11.6 Å². The van der Waals surface area contributed by atoms with Gasteiger partial charge in [0.1, 0.15) is 0 Å². The number of nitrogen functional groups attached to an aromatic ring is 2. The zero-order chi connectivity index (χ0) is 16.2. The first-order valence-electron chi connectivity index (χ1n) is 7.14. The minimum absolute atomic E-state index is 0.213. The van der Waals surface area contributed by atoms with Crippen LogP contribution in [0.2, 0.25) is 19.6 Å². The van der Waals surface area contributed by atoms with Gasteiger partial charge in [-0.3, -0.25) is 9.59 Å². The second-order valence-corrected chi connectivity index (χ2v) is 11.7. The number of nitrogens with two attached hydrogens (primary N) is 2. The van der Waals surface area contributed by atoms with Crippen LogP contribution in [0.4, 0.5) is 11.4 Å². The average Bonchev–Trinajstić information content (AvgIpc) is 2.43. The Hall–Kier alpha value is -2.40. The van der Waals surface area contributed by atoms with Crippen molar-refractivity contribution in [3.05, 3.63) is 52.6 Å². The maximum absolute atomic E-state index is 12.8. The number of carbonyl (C=O) groups is 2. The molecular weight excluding hydrogens is 292 g/mol. The fourth-order valence-corrected chi connectivity index (χ4v) is 4.51. The van der Waals surface area contributed by atoms with Crippen molar-refractivity contribution in [3.8, 4) is 0 Å². The van der Waals surface area contributed by atoms with Crippen LogP contribution in [0, 0.1) is 0 Å². The lowest BCUT2D eigenvalue weighted by Gasteiger charge is -2.25. The highest BCUT2D eigenvalue weighted by Gasteiger charge is 2.34. The van der Waals surface area contributed by atoms with E-state index in [1.54, 1.807) is 24.3 Å². The summed E-state index contributed by atoms with van der Waals surface area (Å²) in [4.78, 5) is 25.5. The van der Waals surface area contributed by atoms with E-state index in [0.717, 1.165) is 5.19 Å². The van der Waals surface area contributed by atoms with Crippen molar-refractivity contribution in [2.75, 3.05) is 11.5 Å². The lowest BCUT2D eigenvalue weighted by atomic mass is 9.82. The summed E-state index contributed by atoms with van der Waals surface area (Å²) in [7, 11) is -1.70. The minimum atomic E-state index is -1.70. The van der Waals surface area contributed by atoms with Gasteiger partial charge in [-0.05, 0) is 11.3 Å². The topological polar surface area (TPSA) is 86.2 Å². The van der Waals surface area contributed by atoms with Crippen LogP contribution >= 0.6 is 0 Å². The summed E-state index contributed by atoms with van der Waals surface area (Å²) in [5, 5.41) is 1.000. The summed E-state index contributed by atoms with van der Waals surface area (Å²) in [5.74, 6) is -0.439. The minimum Gasteiger partial charge on any atom is -0.398 e. The predicted molar refractivity (Wildman–Crippen MR) is 91.6 cm³/mol. The fourth-order valence-electron chi connectivity index (χ4n) is 2.99. The van der Waals surface area contributed by atoms with Gasteiger partial charge in [0, 0.05) is 22.5 Å². The Morgan fingerprint density at radius 2 is 1.41 bits per heavy atom. The van der Waals surface area contributed by atoms with Crippen molar-refractivity contribution >= 4 is 36.2 Å². The van der Waals surface area contributed by atoms with Crippen molar-refractivity contribution in [1.29, 1.82) is 0 Å². The highest BCUT2D eigenvalue weighted by atomic mass is 28.3. The van der Waals surface area contributed by atoms with Gasteiger partial charge in [0.05, 0.1) is 19.2 Å². The van der Waals surface area contributed by atoms with Gasteiger partial charge >= 0.3 is 0 Å². The second-order valence-electron chi connectivity index (χ2n) is 6.63. The molecule has 0 saturated carbocycles. The normalized spacial score (nSPS) is 13.8. The van der Waals surface area contributed by atoms with Crippen molar-refractivity contribution in [1.82, 2.24) is 0 Å². The molecule has 22 heavy (non-hydrogen) atoms. The molecule has 112 valence electrons. The molecule has 0 unspecified atom stereocenters. The van der Waals surface area contributed by atoms with E-state index >= 15 is 0 Å². The fraction of sp³-hybridized carbons (Fsp3) is 0.176. The Labute approximate surface area is 130 Å². The highest BCUT2D eigenvalue weighted by molar-refractivity contribution is 6.89. The monoisotopic (exact) mass is 310 g/mol. The number of ketones is 2. The summed E-state index contributed by atoms with van der Waals surface area (Å²) < 4.78 is 0. The van der Waals surface area contributed by atoms with Gasteiger partial charge in [0.25, 0.3) is 0 Å². The molecule has 0 fully saturated rings. The van der Waals surface area contributed by atoms with E-state index in [2.05, 4.69) is 19.6 Å². The number of hydrogen-bond acceptors (Lipinski definition) is 4. The molecule has 3 rings (SSSR count). The molecule has 1 aliphatic rings. The molecule has 4 N–H and O–H groups in total. The third-order valence-electron chi connectivity index (χ3n) is 4.09. The largest absolute Gasteiger partial charge is 0.398 e. The van der Waals surface area contributed by atoms with Crippen LogP contribution in [0.5, 0.6) is 0 Å². The SMILES string of the molecule is C[Si](C)(C)c1ccc2c(c1N)C(=O)c1cccc(N)c1C2=O. The number of rotatable bonds is 1. The predicted octanol–water partition coefficient (Wildman–Crippen LogP) is 2.17. The summed E-state index contributed by atoms with van der Waals surface area (Å²) >= 11 is 0. The van der Waals surface area contributed by atoms with E-state index < -0.39 is 8.07 Å². The molecule has 2 aromatic carbocycles. The molecule has 2 aromatic rings. The Kier molecular flexibility index (Phi) is 3.00. The van der Waals surface area contributed by atoms with Gasteiger partial charge in [0.2, 0.25) is 0 Å². The summed E-state index contributed by atoms with van der Waals surface area (Å²) in [6.07, 6.45) is 0. The number of hydrogen-bond donors (Lipinski definition) is 2. The molecule has 0 aliphatic heterocycles. The Morgan fingerprint density at radius 1 is 0.818 bits per heavy atom. The van der Waals surface area contributed by atoms with Crippen molar-refractivity contribution in [3.63, 3.8) is 0 Å². The van der Waals surface area contributed by atoms with Gasteiger partial charge in [-0.2, -0.15) is 0 Å². The molecule has 0 atom stereocenters. The lowest BCUT2D eigenvalue weighted by molar-refractivity contribution is 0.0980. The van der Waals surface area contributed by atoms with Crippen LogP contribution in [0.15, 0.2) is 30.3 Å². The molecule has 0 radical (unpaired) electrons. The Bertz CT molecular complexity index is 835.